The van der Waals surface area contributed by atoms with Gasteiger partial charge < -0.3 is 19.8 Å². The quantitative estimate of drug-likeness (QED) is 0.349. The summed E-state index contributed by atoms with van der Waals surface area (Å²) in [6.07, 6.45) is 10.9. The molecule has 0 fully saturated rings. The summed E-state index contributed by atoms with van der Waals surface area (Å²) in [6, 6.07) is 2.44. The highest BCUT2D eigenvalue weighted by molar-refractivity contribution is 5.97. The largest absolute Gasteiger partial charge is 0.508 e. The molecule has 3 N–H and O–H groups in total. The highest BCUT2D eigenvalue weighted by atomic mass is 16.6. The van der Waals surface area contributed by atoms with Crippen LogP contribution in [0.4, 0.5) is 0 Å². The first-order valence-corrected chi connectivity index (χ1v) is 10.8. The molecule has 0 bridgehead atoms. The van der Waals surface area contributed by atoms with Gasteiger partial charge in [0.25, 0.3) is 5.91 Å². The summed E-state index contributed by atoms with van der Waals surface area (Å²) in [5.41, 5.74) is 3.35. The number of hydrogen-bond acceptors (Lipinski definition) is 7. The van der Waals surface area contributed by atoms with Crippen LogP contribution in [-0.2, 0) is 14.4 Å². The predicted molar refractivity (Wildman–Crippen MR) is 122 cm³/mol. The highest BCUT2D eigenvalue weighted by Crippen LogP contribution is 2.30. The maximum absolute atomic E-state index is 12.7. The highest BCUT2D eigenvalue weighted by Gasteiger charge is 2.21. The average Bonchev–Trinajstić information content (AvgIpc) is 2.72. The second-order valence-corrected chi connectivity index (χ2v) is 7.39. The number of carbonyl (C=O) groups is 2. The Kier molecular flexibility index (Phi) is 9.81. The minimum atomic E-state index is -0.701. The molecule has 8 heteroatoms. The third-order valence-corrected chi connectivity index (χ3v) is 4.89. The molecule has 1 aliphatic rings. The normalized spacial score (nSPS) is 18.7. The van der Waals surface area contributed by atoms with Crippen LogP contribution in [0.5, 0.6) is 11.5 Å². The van der Waals surface area contributed by atoms with Crippen molar-refractivity contribution in [2.75, 3.05) is 19.7 Å². The maximum atomic E-state index is 12.7. The molecule has 1 atom stereocenters. The summed E-state index contributed by atoms with van der Waals surface area (Å²) >= 11 is 0. The van der Waals surface area contributed by atoms with Gasteiger partial charge in [-0.3, -0.25) is 15.1 Å². The molecule has 1 aromatic rings. The summed E-state index contributed by atoms with van der Waals surface area (Å²) in [4.78, 5) is 31.9. The molecule has 8 nitrogen and oxygen atoms in total. The lowest BCUT2D eigenvalue weighted by Crippen LogP contribution is -2.35. The SMILES string of the molecule is CCN(CC)C(=O)CON/C1=C\c2cc(O)cc(O)c2C(=O)O[C@H](C)CC=CCCC=C1. The molecule has 32 heavy (non-hydrogen) atoms. The Morgan fingerprint density at radius 2 is 1.91 bits per heavy atom. The molecule has 2 rings (SSSR count). The monoisotopic (exact) mass is 444 g/mol. The number of hydroxylamine groups is 1. The molecule has 0 radical (unpaired) electrons. The summed E-state index contributed by atoms with van der Waals surface area (Å²) in [5.74, 6) is -1.46. The number of cyclic esters (lactones) is 1. The van der Waals surface area contributed by atoms with Crippen LogP contribution >= 0.6 is 0 Å². The average molecular weight is 445 g/mol. The number of ether oxygens (including phenoxy) is 1. The number of benzene rings is 1. The van der Waals surface area contributed by atoms with E-state index in [1.807, 2.05) is 32.1 Å². The maximum Gasteiger partial charge on any atom is 0.342 e. The summed E-state index contributed by atoms with van der Waals surface area (Å²) < 4.78 is 5.46. The zero-order valence-electron chi connectivity index (χ0n) is 18.8. The van der Waals surface area contributed by atoms with Gasteiger partial charge in [-0.25, -0.2) is 4.79 Å². The first kappa shape index (κ1) is 25.0. The van der Waals surface area contributed by atoms with Crippen molar-refractivity contribution in [1.82, 2.24) is 10.4 Å². The van der Waals surface area contributed by atoms with E-state index in [0.29, 0.717) is 25.2 Å². The van der Waals surface area contributed by atoms with Gasteiger partial charge in [-0.15, -0.1) is 0 Å². The molecule has 1 aromatic carbocycles. The fourth-order valence-corrected chi connectivity index (χ4v) is 3.20. The van der Waals surface area contributed by atoms with E-state index in [9.17, 15) is 19.8 Å². The third-order valence-electron chi connectivity index (χ3n) is 4.89. The van der Waals surface area contributed by atoms with Crippen LogP contribution in [0.15, 0.2) is 42.1 Å². The number of aromatic hydroxyl groups is 2. The van der Waals surface area contributed by atoms with Crippen molar-refractivity contribution in [3.05, 3.63) is 53.3 Å². The first-order valence-electron chi connectivity index (χ1n) is 10.8. The number of nitrogens with one attached hydrogen (secondary N) is 1. The van der Waals surface area contributed by atoms with E-state index < -0.39 is 11.7 Å². The summed E-state index contributed by atoms with van der Waals surface area (Å²) in [5, 5.41) is 20.3. The number of phenolic OH excluding ortho intramolecular Hbond substituents is 2. The molecular weight excluding hydrogens is 412 g/mol. The molecule has 0 saturated carbocycles. The summed E-state index contributed by atoms with van der Waals surface area (Å²) in [6.45, 7) is 6.55. The Labute approximate surface area is 188 Å². The van der Waals surface area contributed by atoms with Gasteiger partial charge in [0.15, 0.2) is 6.61 Å². The third kappa shape index (κ3) is 7.46. The van der Waals surface area contributed by atoms with E-state index in [1.54, 1.807) is 24.0 Å². The van der Waals surface area contributed by atoms with Crippen molar-refractivity contribution in [2.45, 2.75) is 46.1 Å². The number of esters is 1. The molecular formula is C24H32N2O6. The van der Waals surface area contributed by atoms with Crippen LogP contribution in [0, 0.1) is 0 Å². The van der Waals surface area contributed by atoms with Crippen molar-refractivity contribution in [3.63, 3.8) is 0 Å². The van der Waals surface area contributed by atoms with Crippen molar-refractivity contribution < 1.29 is 29.4 Å². The van der Waals surface area contributed by atoms with Crippen molar-refractivity contribution in [3.8, 4) is 11.5 Å². The molecule has 1 amide bonds. The fourth-order valence-electron chi connectivity index (χ4n) is 3.20. The van der Waals surface area contributed by atoms with Crippen LogP contribution in [0.25, 0.3) is 6.08 Å². The number of amides is 1. The van der Waals surface area contributed by atoms with Gasteiger partial charge in [-0.1, -0.05) is 18.2 Å². The molecule has 1 heterocycles. The number of nitrogens with zero attached hydrogens (tertiary/aromatic N) is 1. The standard InChI is InChI=1S/C24H32N2O6/c1-4-26(5-2)22(29)16-31-25-19-12-10-8-6-7-9-11-17(3)32-24(30)23-18(13-19)14-20(27)15-21(23)28/h7,9-10,12-15,17,25,27-28H,4-6,8,11,16H2,1-3H3/b9-7?,12-10?,19-13-/t17-/m1/s1. The second-order valence-electron chi connectivity index (χ2n) is 7.39. The van der Waals surface area contributed by atoms with Gasteiger partial charge in [0, 0.05) is 25.6 Å². The van der Waals surface area contributed by atoms with E-state index in [2.05, 4.69) is 5.48 Å². The number of rotatable bonds is 6. The molecule has 174 valence electrons. The number of allylic oxidation sites excluding steroid dienone is 3. The van der Waals surface area contributed by atoms with E-state index >= 15 is 0 Å². The Morgan fingerprint density at radius 1 is 1.19 bits per heavy atom. The van der Waals surface area contributed by atoms with E-state index in [-0.39, 0.29) is 35.5 Å². The molecule has 0 spiro atoms. The van der Waals surface area contributed by atoms with Gasteiger partial charge in [0.05, 0.1) is 5.70 Å². The lowest BCUT2D eigenvalue weighted by molar-refractivity contribution is -0.137. The number of likely N-dealkylation sites (N-methyl/N-ethyl adjacent to an activating group) is 1. The minimum Gasteiger partial charge on any atom is -0.508 e. The molecule has 0 aromatic heterocycles. The number of fused-ring (bicyclic) bond motifs is 1. The summed E-state index contributed by atoms with van der Waals surface area (Å²) in [7, 11) is 0. The first-order chi connectivity index (χ1) is 15.3. The van der Waals surface area contributed by atoms with Gasteiger partial charge >= 0.3 is 5.97 Å². The van der Waals surface area contributed by atoms with E-state index in [4.69, 9.17) is 9.57 Å². The van der Waals surface area contributed by atoms with Crippen LogP contribution in [-0.4, -0.2) is 52.8 Å². The smallest absolute Gasteiger partial charge is 0.342 e. The lowest BCUT2D eigenvalue weighted by Gasteiger charge is -2.19. The Balaban J connectivity index is 2.35. The topological polar surface area (TPSA) is 108 Å². The van der Waals surface area contributed by atoms with Gasteiger partial charge in [-0.05, 0) is 57.4 Å². The number of phenols is 2. The van der Waals surface area contributed by atoms with Gasteiger partial charge in [0.1, 0.15) is 23.2 Å². The molecule has 0 aliphatic carbocycles. The molecule has 1 aliphatic heterocycles. The fraction of sp³-hybridized carbons (Fsp3) is 0.417. The van der Waals surface area contributed by atoms with Gasteiger partial charge in [-0.2, -0.15) is 0 Å². The predicted octanol–water partition coefficient (Wildman–Crippen LogP) is 3.67. The Bertz CT molecular complexity index is 887. The second kappa shape index (κ2) is 12.6. The van der Waals surface area contributed by atoms with E-state index in [0.717, 1.165) is 18.9 Å². The molecule has 0 saturated heterocycles. The van der Waals surface area contributed by atoms with Crippen LogP contribution in [0.1, 0.15) is 56.0 Å². The number of carbonyl (C=O) groups excluding carboxylic acids is 2. The zero-order chi connectivity index (χ0) is 23.5. The van der Waals surface area contributed by atoms with Gasteiger partial charge in [0.2, 0.25) is 0 Å². The Morgan fingerprint density at radius 3 is 2.62 bits per heavy atom. The van der Waals surface area contributed by atoms with Crippen LogP contribution < -0.4 is 5.48 Å². The lowest BCUT2D eigenvalue weighted by atomic mass is 10.0. The van der Waals surface area contributed by atoms with Crippen molar-refractivity contribution in [2.24, 2.45) is 0 Å². The minimum absolute atomic E-state index is 0.0670. The molecule has 0 unspecified atom stereocenters. The van der Waals surface area contributed by atoms with Crippen LogP contribution in [0.3, 0.4) is 0 Å². The van der Waals surface area contributed by atoms with Crippen molar-refractivity contribution in [1.29, 1.82) is 0 Å². The zero-order valence-corrected chi connectivity index (χ0v) is 18.8. The van der Waals surface area contributed by atoms with Crippen molar-refractivity contribution >= 4 is 18.0 Å². The Hall–Kier alpha value is -3.26. The number of hydrogen-bond donors (Lipinski definition) is 3. The van der Waals surface area contributed by atoms with E-state index in [1.165, 1.54) is 6.07 Å². The van der Waals surface area contributed by atoms with Crippen LogP contribution in [0.2, 0.25) is 0 Å².